The van der Waals surface area contributed by atoms with Gasteiger partial charge in [-0.05, 0) is 42.2 Å². The van der Waals surface area contributed by atoms with Crippen molar-refractivity contribution in [1.82, 2.24) is 5.43 Å². The van der Waals surface area contributed by atoms with Gasteiger partial charge in [0, 0.05) is 0 Å². The summed E-state index contributed by atoms with van der Waals surface area (Å²) >= 11 is 0. The van der Waals surface area contributed by atoms with E-state index in [2.05, 4.69) is 17.6 Å². The number of hydrogen-bond acceptors (Lipinski definition) is 2. The standard InChI is InChI=1S/C17H16N2O2/c20-15-13-11-6-7-12(17(11)8-9-17)14(13)16(21)19(18-15)10-4-2-1-3-5-10/h1-7,11-14H,8-9H2,(H,18,20)/t11-,12+,13-,14+/m0/s1. The summed E-state index contributed by atoms with van der Waals surface area (Å²) in [6.45, 7) is 0. The van der Waals surface area contributed by atoms with Crippen molar-refractivity contribution in [3.05, 3.63) is 42.5 Å². The SMILES string of the molecule is O=C1NN(c2ccccc2)C(=O)[C@H]2[C@@H]1[C@@H]1C=C[C@H]2C12CC2. The van der Waals surface area contributed by atoms with Crippen molar-refractivity contribution >= 4 is 17.5 Å². The molecule has 1 heterocycles. The normalized spacial score (nSPS) is 37.8. The second-order valence-corrected chi connectivity index (χ2v) is 6.71. The number of benzene rings is 1. The van der Waals surface area contributed by atoms with Gasteiger partial charge in [0.2, 0.25) is 11.8 Å². The van der Waals surface area contributed by atoms with Crippen molar-refractivity contribution in [3.8, 4) is 0 Å². The third kappa shape index (κ3) is 1.26. The lowest BCUT2D eigenvalue weighted by atomic mass is 9.80. The maximum Gasteiger partial charge on any atom is 0.250 e. The second-order valence-electron chi connectivity index (χ2n) is 6.71. The van der Waals surface area contributed by atoms with Gasteiger partial charge in [0.1, 0.15) is 0 Å². The van der Waals surface area contributed by atoms with Gasteiger partial charge in [0.05, 0.1) is 17.5 Å². The van der Waals surface area contributed by atoms with Gasteiger partial charge in [-0.15, -0.1) is 0 Å². The summed E-state index contributed by atoms with van der Waals surface area (Å²) in [6.07, 6.45) is 6.70. The lowest BCUT2D eigenvalue weighted by molar-refractivity contribution is -0.140. The molecule has 21 heavy (non-hydrogen) atoms. The number of allylic oxidation sites excluding steroid dienone is 2. The summed E-state index contributed by atoms with van der Waals surface area (Å²) in [4.78, 5) is 25.5. The summed E-state index contributed by atoms with van der Waals surface area (Å²) in [5.41, 5.74) is 3.79. The molecule has 0 unspecified atom stereocenters. The Morgan fingerprint density at radius 1 is 1.00 bits per heavy atom. The molecule has 2 saturated carbocycles. The Morgan fingerprint density at radius 3 is 2.33 bits per heavy atom. The molecule has 3 fully saturated rings. The molecule has 5 rings (SSSR count). The van der Waals surface area contributed by atoms with Crippen LogP contribution in [0, 0.1) is 29.1 Å². The van der Waals surface area contributed by atoms with Crippen molar-refractivity contribution < 1.29 is 9.59 Å². The molecule has 2 bridgehead atoms. The van der Waals surface area contributed by atoms with E-state index in [0.29, 0.717) is 0 Å². The average molecular weight is 280 g/mol. The number of amides is 2. The van der Waals surface area contributed by atoms with Crippen LogP contribution in [0.4, 0.5) is 5.69 Å². The fourth-order valence-electron chi connectivity index (χ4n) is 4.85. The van der Waals surface area contributed by atoms with Crippen LogP contribution in [0.2, 0.25) is 0 Å². The molecule has 4 nitrogen and oxygen atoms in total. The van der Waals surface area contributed by atoms with E-state index < -0.39 is 0 Å². The van der Waals surface area contributed by atoms with Gasteiger partial charge in [-0.3, -0.25) is 15.0 Å². The third-order valence-corrected chi connectivity index (χ3v) is 5.89. The van der Waals surface area contributed by atoms with E-state index >= 15 is 0 Å². The maximum atomic E-state index is 12.9. The van der Waals surface area contributed by atoms with Crippen LogP contribution in [0.5, 0.6) is 0 Å². The van der Waals surface area contributed by atoms with E-state index in [4.69, 9.17) is 0 Å². The number of nitrogens with one attached hydrogen (secondary N) is 1. The lowest BCUT2D eigenvalue weighted by Crippen LogP contribution is -2.60. The first-order chi connectivity index (χ1) is 10.2. The van der Waals surface area contributed by atoms with Gasteiger partial charge in [-0.2, -0.15) is 0 Å². The Labute approximate surface area is 122 Å². The monoisotopic (exact) mass is 280 g/mol. The maximum absolute atomic E-state index is 12.9. The van der Waals surface area contributed by atoms with Crippen LogP contribution in [-0.4, -0.2) is 11.8 Å². The van der Waals surface area contributed by atoms with E-state index in [-0.39, 0.29) is 40.9 Å². The van der Waals surface area contributed by atoms with Gasteiger partial charge < -0.3 is 0 Å². The molecule has 4 aliphatic rings. The minimum atomic E-state index is -0.170. The minimum Gasteiger partial charge on any atom is -0.273 e. The summed E-state index contributed by atoms with van der Waals surface area (Å²) in [6, 6.07) is 9.37. The molecule has 2 amide bonds. The number of para-hydroxylation sites is 1. The van der Waals surface area contributed by atoms with Gasteiger partial charge in [0.15, 0.2) is 0 Å². The molecule has 1 aromatic carbocycles. The fraction of sp³-hybridized carbons (Fsp3) is 0.412. The van der Waals surface area contributed by atoms with Crippen molar-refractivity contribution in [3.63, 3.8) is 0 Å². The minimum absolute atomic E-state index is 0.00609. The first-order valence-electron chi connectivity index (χ1n) is 7.60. The highest BCUT2D eigenvalue weighted by Gasteiger charge is 2.71. The summed E-state index contributed by atoms with van der Waals surface area (Å²) in [7, 11) is 0. The number of carbonyl (C=O) groups is 2. The van der Waals surface area contributed by atoms with E-state index in [1.807, 2.05) is 30.3 Å². The van der Waals surface area contributed by atoms with Gasteiger partial charge in [-0.25, -0.2) is 5.01 Å². The largest absolute Gasteiger partial charge is 0.273 e. The summed E-state index contributed by atoms with van der Waals surface area (Å²) in [5, 5.41) is 1.45. The molecule has 1 saturated heterocycles. The Hall–Kier alpha value is -2.10. The fourth-order valence-corrected chi connectivity index (χ4v) is 4.85. The molecule has 106 valence electrons. The number of carbonyl (C=O) groups excluding carboxylic acids is 2. The Kier molecular flexibility index (Phi) is 1.96. The van der Waals surface area contributed by atoms with Crippen molar-refractivity contribution in [1.29, 1.82) is 0 Å². The van der Waals surface area contributed by atoms with Crippen molar-refractivity contribution in [2.45, 2.75) is 12.8 Å². The first kappa shape index (κ1) is 11.5. The van der Waals surface area contributed by atoms with E-state index in [1.165, 1.54) is 5.01 Å². The lowest BCUT2D eigenvalue weighted by Gasteiger charge is -2.37. The molecular weight excluding hydrogens is 264 g/mol. The molecular formula is C17H16N2O2. The zero-order valence-corrected chi connectivity index (χ0v) is 11.5. The molecule has 4 atom stereocenters. The predicted molar refractivity (Wildman–Crippen MR) is 76.8 cm³/mol. The van der Waals surface area contributed by atoms with Crippen LogP contribution < -0.4 is 10.4 Å². The van der Waals surface area contributed by atoms with Gasteiger partial charge in [-0.1, -0.05) is 30.4 Å². The molecule has 1 spiro atoms. The average Bonchev–Trinajstić information content (AvgIpc) is 3.17. The zero-order valence-electron chi connectivity index (χ0n) is 11.5. The molecule has 3 aliphatic carbocycles. The number of anilines is 1. The van der Waals surface area contributed by atoms with Crippen LogP contribution in [0.25, 0.3) is 0 Å². The smallest absolute Gasteiger partial charge is 0.250 e. The Morgan fingerprint density at radius 2 is 1.67 bits per heavy atom. The van der Waals surface area contributed by atoms with Crippen molar-refractivity contribution in [2.75, 3.05) is 5.01 Å². The quantitative estimate of drug-likeness (QED) is 0.799. The number of fused-ring (bicyclic) bond motifs is 3. The van der Waals surface area contributed by atoms with E-state index in [1.54, 1.807) is 0 Å². The van der Waals surface area contributed by atoms with Crippen LogP contribution >= 0.6 is 0 Å². The van der Waals surface area contributed by atoms with E-state index in [9.17, 15) is 9.59 Å². The number of rotatable bonds is 1. The molecule has 1 aromatic rings. The summed E-state index contributed by atoms with van der Waals surface area (Å²) < 4.78 is 0. The number of hydrogen-bond donors (Lipinski definition) is 1. The Bertz CT molecular complexity index is 677. The molecule has 0 radical (unpaired) electrons. The van der Waals surface area contributed by atoms with Crippen LogP contribution in [0.3, 0.4) is 0 Å². The van der Waals surface area contributed by atoms with Crippen LogP contribution in [-0.2, 0) is 9.59 Å². The highest BCUT2D eigenvalue weighted by atomic mass is 16.2. The van der Waals surface area contributed by atoms with Crippen molar-refractivity contribution in [2.24, 2.45) is 29.1 Å². The first-order valence-corrected chi connectivity index (χ1v) is 7.60. The third-order valence-electron chi connectivity index (χ3n) is 5.89. The van der Waals surface area contributed by atoms with Crippen LogP contribution in [0.1, 0.15) is 12.8 Å². The highest BCUT2D eigenvalue weighted by Crippen LogP contribution is 2.72. The van der Waals surface area contributed by atoms with Gasteiger partial charge >= 0.3 is 0 Å². The second kappa shape index (κ2) is 3.56. The number of hydrazine groups is 1. The van der Waals surface area contributed by atoms with E-state index in [0.717, 1.165) is 18.5 Å². The Balaban J connectivity index is 1.57. The highest BCUT2D eigenvalue weighted by molar-refractivity contribution is 6.05. The topological polar surface area (TPSA) is 49.4 Å². The molecule has 4 heteroatoms. The molecule has 1 aliphatic heterocycles. The summed E-state index contributed by atoms with van der Waals surface area (Å²) in [5.74, 6) is 0.263. The predicted octanol–water partition coefficient (Wildman–Crippen LogP) is 1.89. The zero-order chi connectivity index (χ0) is 14.2. The number of nitrogens with zero attached hydrogens (tertiary/aromatic N) is 1. The molecule has 1 N–H and O–H groups in total. The van der Waals surface area contributed by atoms with Gasteiger partial charge in [0.25, 0.3) is 0 Å². The van der Waals surface area contributed by atoms with Crippen LogP contribution in [0.15, 0.2) is 42.5 Å². The molecule has 0 aromatic heterocycles.